The standard InChI is InChI=1S/C16H25N/c1-5-13-6-7-14-12(4)10-17-16(8-11(2)3)15(14)9-13/h6-7,9,11-12,16-17H,5,8,10H2,1-4H3. The molecule has 1 aromatic carbocycles. The Balaban J connectivity index is 2.34. The summed E-state index contributed by atoms with van der Waals surface area (Å²) in [4.78, 5) is 0. The normalized spacial score (nSPS) is 23.8. The third-order valence-corrected chi connectivity index (χ3v) is 3.84. The monoisotopic (exact) mass is 231 g/mol. The highest BCUT2D eigenvalue weighted by atomic mass is 14.9. The highest BCUT2D eigenvalue weighted by Crippen LogP contribution is 2.33. The molecule has 0 spiro atoms. The minimum Gasteiger partial charge on any atom is -0.309 e. The summed E-state index contributed by atoms with van der Waals surface area (Å²) in [6, 6.07) is 7.64. The molecule has 1 nitrogen and oxygen atoms in total. The Hall–Kier alpha value is -0.820. The quantitative estimate of drug-likeness (QED) is 0.827. The van der Waals surface area contributed by atoms with Crippen LogP contribution in [0.1, 0.15) is 62.8 Å². The fourth-order valence-corrected chi connectivity index (χ4v) is 2.82. The Morgan fingerprint density at radius 2 is 2.06 bits per heavy atom. The molecule has 2 rings (SSSR count). The van der Waals surface area contributed by atoms with E-state index in [0.29, 0.717) is 12.0 Å². The van der Waals surface area contributed by atoms with E-state index in [0.717, 1.165) is 18.9 Å². The topological polar surface area (TPSA) is 12.0 Å². The van der Waals surface area contributed by atoms with Gasteiger partial charge in [-0.15, -0.1) is 0 Å². The van der Waals surface area contributed by atoms with E-state index < -0.39 is 0 Å². The van der Waals surface area contributed by atoms with Crippen molar-refractivity contribution < 1.29 is 0 Å². The van der Waals surface area contributed by atoms with Gasteiger partial charge in [-0.3, -0.25) is 0 Å². The number of rotatable bonds is 3. The van der Waals surface area contributed by atoms with Crippen molar-refractivity contribution in [1.82, 2.24) is 5.32 Å². The first kappa shape index (κ1) is 12.6. The number of fused-ring (bicyclic) bond motifs is 1. The fourth-order valence-electron chi connectivity index (χ4n) is 2.82. The van der Waals surface area contributed by atoms with Gasteiger partial charge in [-0.2, -0.15) is 0 Å². The predicted molar refractivity (Wildman–Crippen MR) is 74.4 cm³/mol. The average molecular weight is 231 g/mol. The Kier molecular flexibility index (Phi) is 3.88. The Bertz CT molecular complexity index is 381. The van der Waals surface area contributed by atoms with E-state index >= 15 is 0 Å². The molecule has 1 heteroatoms. The zero-order valence-corrected chi connectivity index (χ0v) is 11.6. The van der Waals surface area contributed by atoms with Crippen LogP contribution in [-0.4, -0.2) is 6.54 Å². The first-order chi connectivity index (χ1) is 8.11. The zero-order chi connectivity index (χ0) is 12.4. The summed E-state index contributed by atoms with van der Waals surface area (Å²) >= 11 is 0. The SMILES string of the molecule is CCc1ccc2c(c1)C(CC(C)C)NCC2C. The van der Waals surface area contributed by atoms with Crippen LogP contribution in [0.4, 0.5) is 0 Å². The largest absolute Gasteiger partial charge is 0.309 e. The van der Waals surface area contributed by atoms with Crippen molar-refractivity contribution in [2.24, 2.45) is 5.92 Å². The van der Waals surface area contributed by atoms with E-state index in [1.54, 1.807) is 11.1 Å². The first-order valence-electron chi connectivity index (χ1n) is 6.98. The number of aryl methyl sites for hydroxylation is 1. The second-order valence-electron chi connectivity index (χ2n) is 5.81. The number of benzene rings is 1. The van der Waals surface area contributed by atoms with Gasteiger partial charge in [-0.1, -0.05) is 45.9 Å². The molecule has 0 aliphatic carbocycles. The number of hydrogen-bond acceptors (Lipinski definition) is 1. The molecule has 2 unspecified atom stereocenters. The lowest BCUT2D eigenvalue weighted by Crippen LogP contribution is -2.33. The van der Waals surface area contributed by atoms with Crippen molar-refractivity contribution in [2.75, 3.05) is 6.54 Å². The molecular weight excluding hydrogens is 206 g/mol. The summed E-state index contributed by atoms with van der Waals surface area (Å²) in [7, 11) is 0. The third kappa shape index (κ3) is 2.71. The minimum atomic E-state index is 0.563. The van der Waals surface area contributed by atoms with Gasteiger partial charge >= 0.3 is 0 Å². The van der Waals surface area contributed by atoms with Crippen LogP contribution in [0, 0.1) is 5.92 Å². The summed E-state index contributed by atoms with van der Waals surface area (Å²) < 4.78 is 0. The molecule has 2 atom stereocenters. The molecule has 1 N–H and O–H groups in total. The van der Waals surface area contributed by atoms with Gasteiger partial charge in [0, 0.05) is 12.6 Å². The van der Waals surface area contributed by atoms with Gasteiger partial charge in [0.05, 0.1) is 0 Å². The van der Waals surface area contributed by atoms with Crippen LogP contribution in [0.2, 0.25) is 0 Å². The van der Waals surface area contributed by atoms with Crippen LogP contribution < -0.4 is 5.32 Å². The predicted octanol–water partition coefficient (Wildman–Crippen LogP) is 4.04. The van der Waals surface area contributed by atoms with E-state index in [9.17, 15) is 0 Å². The molecule has 94 valence electrons. The van der Waals surface area contributed by atoms with Crippen LogP contribution in [0.5, 0.6) is 0 Å². The van der Waals surface area contributed by atoms with Crippen molar-refractivity contribution in [3.63, 3.8) is 0 Å². The molecule has 1 aliphatic rings. The smallest absolute Gasteiger partial charge is 0.0325 e. The highest BCUT2D eigenvalue weighted by molar-refractivity contribution is 5.38. The van der Waals surface area contributed by atoms with E-state index in [-0.39, 0.29) is 0 Å². The van der Waals surface area contributed by atoms with E-state index in [1.165, 1.54) is 12.0 Å². The summed E-state index contributed by atoms with van der Waals surface area (Å²) in [5.41, 5.74) is 4.58. The van der Waals surface area contributed by atoms with Crippen LogP contribution in [0.3, 0.4) is 0 Å². The van der Waals surface area contributed by atoms with Crippen molar-refractivity contribution in [3.05, 3.63) is 34.9 Å². The van der Waals surface area contributed by atoms with Crippen LogP contribution in [0.15, 0.2) is 18.2 Å². The second kappa shape index (κ2) is 5.22. The summed E-state index contributed by atoms with van der Waals surface area (Å²) in [5, 5.41) is 3.71. The highest BCUT2D eigenvalue weighted by Gasteiger charge is 2.24. The Morgan fingerprint density at radius 1 is 1.29 bits per heavy atom. The third-order valence-electron chi connectivity index (χ3n) is 3.84. The molecule has 0 radical (unpaired) electrons. The molecule has 0 saturated carbocycles. The van der Waals surface area contributed by atoms with E-state index in [1.807, 2.05) is 0 Å². The van der Waals surface area contributed by atoms with Crippen LogP contribution in [-0.2, 0) is 6.42 Å². The van der Waals surface area contributed by atoms with Crippen LogP contribution >= 0.6 is 0 Å². The number of hydrogen-bond donors (Lipinski definition) is 1. The Morgan fingerprint density at radius 3 is 2.71 bits per heavy atom. The van der Waals surface area contributed by atoms with Gasteiger partial charge in [0.15, 0.2) is 0 Å². The van der Waals surface area contributed by atoms with E-state index in [2.05, 4.69) is 51.2 Å². The van der Waals surface area contributed by atoms with Crippen molar-refractivity contribution in [2.45, 2.75) is 52.5 Å². The van der Waals surface area contributed by atoms with Gasteiger partial charge in [0.2, 0.25) is 0 Å². The minimum absolute atomic E-state index is 0.563. The summed E-state index contributed by atoms with van der Waals surface area (Å²) in [6.45, 7) is 10.3. The van der Waals surface area contributed by atoms with Crippen molar-refractivity contribution in [3.8, 4) is 0 Å². The maximum absolute atomic E-state index is 3.71. The second-order valence-corrected chi connectivity index (χ2v) is 5.81. The maximum Gasteiger partial charge on any atom is 0.0325 e. The molecule has 0 aromatic heterocycles. The molecule has 0 saturated heterocycles. The summed E-state index contributed by atoms with van der Waals surface area (Å²) in [6.07, 6.45) is 2.38. The molecule has 0 fully saturated rings. The van der Waals surface area contributed by atoms with Gasteiger partial charge in [-0.05, 0) is 41.4 Å². The van der Waals surface area contributed by atoms with Gasteiger partial charge in [0.25, 0.3) is 0 Å². The number of nitrogens with one attached hydrogen (secondary N) is 1. The molecule has 1 heterocycles. The van der Waals surface area contributed by atoms with Gasteiger partial charge in [0.1, 0.15) is 0 Å². The van der Waals surface area contributed by atoms with Crippen molar-refractivity contribution >= 4 is 0 Å². The first-order valence-corrected chi connectivity index (χ1v) is 6.98. The molecule has 0 amide bonds. The Labute approximate surface area is 106 Å². The lowest BCUT2D eigenvalue weighted by atomic mass is 9.83. The molecular formula is C16H25N. The van der Waals surface area contributed by atoms with E-state index in [4.69, 9.17) is 0 Å². The lowest BCUT2D eigenvalue weighted by Gasteiger charge is -2.32. The molecule has 1 aromatic rings. The molecule has 1 aliphatic heterocycles. The molecule has 0 bridgehead atoms. The summed E-state index contributed by atoms with van der Waals surface area (Å²) in [5.74, 6) is 1.40. The zero-order valence-electron chi connectivity index (χ0n) is 11.6. The molecule has 17 heavy (non-hydrogen) atoms. The lowest BCUT2D eigenvalue weighted by molar-refractivity contribution is 0.396. The van der Waals surface area contributed by atoms with Crippen molar-refractivity contribution in [1.29, 1.82) is 0 Å². The van der Waals surface area contributed by atoms with Crippen LogP contribution in [0.25, 0.3) is 0 Å². The fraction of sp³-hybridized carbons (Fsp3) is 0.625. The maximum atomic E-state index is 3.71. The van der Waals surface area contributed by atoms with Gasteiger partial charge < -0.3 is 5.32 Å². The van der Waals surface area contributed by atoms with Gasteiger partial charge in [-0.25, -0.2) is 0 Å². The average Bonchev–Trinajstić information content (AvgIpc) is 2.32.